The Morgan fingerprint density at radius 3 is 3.00 bits per heavy atom. The van der Waals surface area contributed by atoms with Crippen LogP contribution in [0.25, 0.3) is 0 Å². The van der Waals surface area contributed by atoms with Crippen molar-refractivity contribution in [1.82, 2.24) is 20.2 Å². The van der Waals surface area contributed by atoms with E-state index in [4.69, 9.17) is 4.74 Å². The SMILES string of the molecule is CCCNC(C)c1cnc(C2CN(C)CCO2)nc1C. The Morgan fingerprint density at radius 2 is 2.35 bits per heavy atom. The molecule has 0 aromatic carbocycles. The van der Waals surface area contributed by atoms with Crippen LogP contribution in [0.4, 0.5) is 0 Å². The average molecular weight is 278 g/mol. The molecular formula is C15H26N4O. The van der Waals surface area contributed by atoms with Gasteiger partial charge in [0.1, 0.15) is 6.10 Å². The maximum absolute atomic E-state index is 5.77. The van der Waals surface area contributed by atoms with Crippen LogP contribution in [0.3, 0.4) is 0 Å². The van der Waals surface area contributed by atoms with Crippen LogP contribution in [-0.2, 0) is 4.74 Å². The van der Waals surface area contributed by atoms with E-state index in [0.717, 1.165) is 44.2 Å². The maximum Gasteiger partial charge on any atom is 0.158 e. The number of hydrogen-bond acceptors (Lipinski definition) is 5. The minimum atomic E-state index is 0.000377. The molecular weight excluding hydrogens is 252 g/mol. The summed E-state index contributed by atoms with van der Waals surface area (Å²) in [7, 11) is 2.10. The van der Waals surface area contributed by atoms with Crippen molar-refractivity contribution in [2.24, 2.45) is 0 Å². The second-order valence-corrected chi connectivity index (χ2v) is 5.57. The van der Waals surface area contributed by atoms with Gasteiger partial charge in [0.15, 0.2) is 5.82 Å². The third-order valence-electron chi connectivity index (χ3n) is 3.76. The van der Waals surface area contributed by atoms with E-state index in [-0.39, 0.29) is 6.10 Å². The maximum atomic E-state index is 5.77. The lowest BCUT2D eigenvalue weighted by molar-refractivity contribution is -0.0256. The quantitative estimate of drug-likeness (QED) is 0.891. The summed E-state index contributed by atoms with van der Waals surface area (Å²) < 4.78 is 5.77. The van der Waals surface area contributed by atoms with Crippen molar-refractivity contribution >= 4 is 0 Å². The molecule has 1 aromatic heterocycles. The van der Waals surface area contributed by atoms with Crippen LogP contribution in [-0.4, -0.2) is 48.2 Å². The van der Waals surface area contributed by atoms with Gasteiger partial charge in [-0.25, -0.2) is 9.97 Å². The molecule has 1 saturated heterocycles. The highest BCUT2D eigenvalue weighted by Crippen LogP contribution is 2.21. The molecule has 0 bridgehead atoms. The Morgan fingerprint density at radius 1 is 1.55 bits per heavy atom. The summed E-state index contributed by atoms with van der Waals surface area (Å²) in [4.78, 5) is 11.4. The van der Waals surface area contributed by atoms with Gasteiger partial charge in [0.05, 0.1) is 6.61 Å². The highest BCUT2D eigenvalue weighted by atomic mass is 16.5. The Hall–Kier alpha value is -1.04. The van der Waals surface area contributed by atoms with Gasteiger partial charge in [0, 0.05) is 36.6 Å². The molecule has 2 heterocycles. The third kappa shape index (κ3) is 3.75. The van der Waals surface area contributed by atoms with Crippen molar-refractivity contribution in [2.45, 2.75) is 39.3 Å². The summed E-state index contributed by atoms with van der Waals surface area (Å²) in [6.45, 7) is 9.98. The molecule has 0 radical (unpaired) electrons. The molecule has 1 N–H and O–H groups in total. The van der Waals surface area contributed by atoms with E-state index in [1.165, 1.54) is 5.56 Å². The molecule has 1 fully saturated rings. The largest absolute Gasteiger partial charge is 0.368 e. The fraction of sp³-hybridized carbons (Fsp3) is 0.733. The Kier molecular flexibility index (Phi) is 5.46. The van der Waals surface area contributed by atoms with Crippen LogP contribution in [0.2, 0.25) is 0 Å². The average Bonchev–Trinajstić information content (AvgIpc) is 2.44. The zero-order valence-corrected chi connectivity index (χ0v) is 13.0. The first kappa shape index (κ1) is 15.4. The van der Waals surface area contributed by atoms with Gasteiger partial charge in [-0.1, -0.05) is 6.92 Å². The van der Waals surface area contributed by atoms with Gasteiger partial charge in [-0.3, -0.25) is 0 Å². The molecule has 5 heteroatoms. The molecule has 2 rings (SSSR count). The van der Waals surface area contributed by atoms with Gasteiger partial charge in [-0.2, -0.15) is 0 Å². The number of ether oxygens (including phenoxy) is 1. The van der Waals surface area contributed by atoms with E-state index < -0.39 is 0 Å². The second kappa shape index (κ2) is 7.11. The summed E-state index contributed by atoms with van der Waals surface area (Å²) in [5.74, 6) is 0.806. The lowest BCUT2D eigenvalue weighted by Crippen LogP contribution is -2.36. The van der Waals surface area contributed by atoms with E-state index in [2.05, 4.69) is 48.0 Å². The van der Waals surface area contributed by atoms with Crippen molar-refractivity contribution in [3.63, 3.8) is 0 Å². The van der Waals surface area contributed by atoms with Crippen molar-refractivity contribution in [3.05, 3.63) is 23.3 Å². The summed E-state index contributed by atoms with van der Waals surface area (Å²) in [6.07, 6.45) is 3.08. The molecule has 0 spiro atoms. The molecule has 20 heavy (non-hydrogen) atoms. The van der Waals surface area contributed by atoms with Gasteiger partial charge in [0.2, 0.25) is 0 Å². The van der Waals surface area contributed by atoms with Gasteiger partial charge in [0.25, 0.3) is 0 Å². The molecule has 0 aliphatic carbocycles. The van der Waals surface area contributed by atoms with Crippen LogP contribution >= 0.6 is 0 Å². The first-order valence-electron chi connectivity index (χ1n) is 7.48. The normalized spacial score (nSPS) is 21.9. The van der Waals surface area contributed by atoms with Crippen LogP contribution in [0.15, 0.2) is 6.20 Å². The molecule has 112 valence electrons. The number of morpholine rings is 1. The standard InChI is InChI=1S/C15H26N4O/c1-5-6-16-11(2)13-9-17-15(18-12(13)3)14-10-19(4)7-8-20-14/h9,11,14,16H,5-8,10H2,1-4H3. The molecule has 2 unspecified atom stereocenters. The van der Waals surface area contributed by atoms with Crippen molar-refractivity contribution in [3.8, 4) is 0 Å². The highest BCUT2D eigenvalue weighted by molar-refractivity contribution is 5.20. The van der Waals surface area contributed by atoms with Gasteiger partial charge in [-0.05, 0) is 33.9 Å². The minimum absolute atomic E-state index is 0.000377. The van der Waals surface area contributed by atoms with E-state index >= 15 is 0 Å². The smallest absolute Gasteiger partial charge is 0.158 e. The van der Waals surface area contributed by atoms with Gasteiger partial charge in [-0.15, -0.1) is 0 Å². The van der Waals surface area contributed by atoms with Crippen LogP contribution < -0.4 is 5.32 Å². The fourth-order valence-electron chi connectivity index (χ4n) is 2.48. The lowest BCUT2D eigenvalue weighted by Gasteiger charge is -2.29. The Bertz CT molecular complexity index is 438. The minimum Gasteiger partial charge on any atom is -0.368 e. The fourth-order valence-corrected chi connectivity index (χ4v) is 2.48. The zero-order valence-electron chi connectivity index (χ0n) is 13.0. The van der Waals surface area contributed by atoms with Crippen molar-refractivity contribution < 1.29 is 4.74 Å². The summed E-state index contributed by atoms with van der Waals surface area (Å²) in [5.41, 5.74) is 2.22. The van der Waals surface area contributed by atoms with Gasteiger partial charge < -0.3 is 15.0 Å². The topological polar surface area (TPSA) is 50.3 Å². The summed E-state index contributed by atoms with van der Waals surface area (Å²) in [5, 5.41) is 3.48. The Balaban J connectivity index is 2.08. The first-order chi connectivity index (χ1) is 9.61. The number of aromatic nitrogens is 2. The lowest BCUT2D eigenvalue weighted by atomic mass is 10.1. The first-order valence-corrected chi connectivity index (χ1v) is 7.48. The Labute approximate surface area is 121 Å². The van der Waals surface area contributed by atoms with Crippen molar-refractivity contribution in [2.75, 3.05) is 33.3 Å². The summed E-state index contributed by atoms with van der Waals surface area (Å²) in [6, 6.07) is 0.291. The van der Waals surface area contributed by atoms with Crippen LogP contribution in [0, 0.1) is 6.92 Å². The molecule has 5 nitrogen and oxygen atoms in total. The van der Waals surface area contributed by atoms with Crippen LogP contribution in [0.1, 0.15) is 49.5 Å². The van der Waals surface area contributed by atoms with Crippen LogP contribution in [0.5, 0.6) is 0 Å². The molecule has 1 aliphatic heterocycles. The van der Waals surface area contributed by atoms with E-state index in [0.29, 0.717) is 6.04 Å². The van der Waals surface area contributed by atoms with E-state index in [1.807, 2.05) is 6.20 Å². The molecule has 0 saturated carbocycles. The second-order valence-electron chi connectivity index (χ2n) is 5.57. The summed E-state index contributed by atoms with van der Waals surface area (Å²) >= 11 is 0. The molecule has 1 aliphatic rings. The van der Waals surface area contributed by atoms with Gasteiger partial charge >= 0.3 is 0 Å². The highest BCUT2D eigenvalue weighted by Gasteiger charge is 2.23. The number of aryl methyl sites for hydroxylation is 1. The number of likely N-dealkylation sites (N-methyl/N-ethyl adjacent to an activating group) is 1. The third-order valence-corrected chi connectivity index (χ3v) is 3.76. The molecule has 2 atom stereocenters. The number of nitrogens with one attached hydrogen (secondary N) is 1. The number of nitrogens with zero attached hydrogens (tertiary/aromatic N) is 3. The molecule has 0 amide bonds. The molecule has 1 aromatic rings. The van der Waals surface area contributed by atoms with Crippen molar-refractivity contribution in [1.29, 1.82) is 0 Å². The number of rotatable bonds is 5. The van der Waals surface area contributed by atoms with E-state index in [1.54, 1.807) is 0 Å². The predicted octanol–water partition coefficient (Wildman–Crippen LogP) is 1.85. The number of hydrogen-bond donors (Lipinski definition) is 1. The monoisotopic (exact) mass is 278 g/mol. The van der Waals surface area contributed by atoms with E-state index in [9.17, 15) is 0 Å². The zero-order chi connectivity index (χ0) is 14.5. The predicted molar refractivity (Wildman–Crippen MR) is 79.7 cm³/mol.